The van der Waals surface area contributed by atoms with E-state index >= 15 is 0 Å². The number of aliphatic hydroxyl groups excluding tert-OH is 1. The summed E-state index contributed by atoms with van der Waals surface area (Å²) in [4.78, 5) is 0. The lowest BCUT2D eigenvalue weighted by molar-refractivity contribution is 0.181. The van der Waals surface area contributed by atoms with Crippen LogP contribution in [0.5, 0.6) is 5.75 Å². The van der Waals surface area contributed by atoms with E-state index in [0.717, 1.165) is 6.07 Å². The molecule has 3 N–H and O–H groups in total. The fourth-order valence-corrected chi connectivity index (χ4v) is 1.26. The molecule has 0 bridgehead atoms. The number of aliphatic hydroxyl groups is 1. The van der Waals surface area contributed by atoms with Gasteiger partial charge in [0.1, 0.15) is 11.6 Å². The number of ether oxygens (including phenoxy) is 1. The van der Waals surface area contributed by atoms with E-state index in [9.17, 15) is 9.50 Å². The van der Waals surface area contributed by atoms with Crippen LogP contribution in [-0.2, 0) is 0 Å². The van der Waals surface area contributed by atoms with Gasteiger partial charge in [0, 0.05) is 18.2 Å². The Morgan fingerprint density at radius 2 is 2.29 bits per heavy atom. The Morgan fingerprint density at radius 1 is 1.64 bits per heavy atom. The summed E-state index contributed by atoms with van der Waals surface area (Å²) in [5.41, 5.74) is 5.56. The maximum Gasteiger partial charge on any atom is 0.142 e. The molecule has 0 radical (unpaired) electrons. The zero-order valence-corrected chi connectivity index (χ0v) is 8.38. The molecule has 0 heterocycles. The number of rotatable bonds is 3. The van der Waals surface area contributed by atoms with Crippen molar-refractivity contribution in [3.8, 4) is 5.75 Å². The highest BCUT2D eigenvalue weighted by molar-refractivity contribution is 6.30. The highest BCUT2D eigenvalue weighted by atomic mass is 35.5. The Labute approximate surface area is 86.2 Å². The molecule has 78 valence electrons. The second-order valence-corrected chi connectivity index (χ2v) is 3.17. The first kappa shape index (κ1) is 11.2. The van der Waals surface area contributed by atoms with Gasteiger partial charge in [-0.15, -0.1) is 0 Å². The summed E-state index contributed by atoms with van der Waals surface area (Å²) < 4.78 is 18.0. The Balaban J connectivity index is 3.19. The summed E-state index contributed by atoms with van der Waals surface area (Å²) in [7, 11) is 1.41. The van der Waals surface area contributed by atoms with E-state index in [1.54, 1.807) is 0 Å². The molecule has 0 aliphatic carbocycles. The van der Waals surface area contributed by atoms with Crippen LogP contribution >= 0.6 is 11.6 Å². The maximum atomic E-state index is 13.1. The van der Waals surface area contributed by atoms with E-state index in [2.05, 4.69) is 0 Å². The lowest BCUT2D eigenvalue weighted by Gasteiger charge is -2.13. The predicted octanol–water partition coefficient (Wildman–Crippen LogP) is 1.48. The van der Waals surface area contributed by atoms with Gasteiger partial charge in [0.2, 0.25) is 0 Å². The molecule has 0 fully saturated rings. The highest BCUT2D eigenvalue weighted by Gasteiger charge is 2.15. The van der Waals surface area contributed by atoms with Crippen molar-refractivity contribution in [2.45, 2.75) is 6.10 Å². The third-order valence-corrected chi connectivity index (χ3v) is 2.14. The first-order valence-electron chi connectivity index (χ1n) is 4.01. The molecule has 0 saturated heterocycles. The molecule has 0 aliphatic rings. The van der Waals surface area contributed by atoms with Crippen molar-refractivity contribution in [1.29, 1.82) is 0 Å². The lowest BCUT2D eigenvalue weighted by atomic mass is 10.1. The summed E-state index contributed by atoms with van der Waals surface area (Å²) in [6.45, 7) is -0.00255. The van der Waals surface area contributed by atoms with E-state index in [4.69, 9.17) is 22.1 Å². The van der Waals surface area contributed by atoms with Crippen LogP contribution in [0.15, 0.2) is 12.1 Å². The van der Waals surface area contributed by atoms with Crippen LogP contribution in [-0.4, -0.2) is 18.8 Å². The first-order chi connectivity index (χ1) is 6.60. The van der Waals surface area contributed by atoms with Gasteiger partial charge in [-0.1, -0.05) is 11.6 Å². The fourth-order valence-electron chi connectivity index (χ4n) is 1.11. The molecule has 1 aromatic carbocycles. The Morgan fingerprint density at radius 3 is 2.79 bits per heavy atom. The third-order valence-electron chi connectivity index (χ3n) is 1.85. The van der Waals surface area contributed by atoms with Crippen molar-refractivity contribution in [2.24, 2.45) is 5.73 Å². The van der Waals surface area contributed by atoms with Crippen LogP contribution in [0.1, 0.15) is 11.7 Å². The van der Waals surface area contributed by atoms with Crippen LogP contribution < -0.4 is 10.5 Å². The summed E-state index contributed by atoms with van der Waals surface area (Å²) in [6, 6.07) is 2.43. The monoisotopic (exact) mass is 219 g/mol. The van der Waals surface area contributed by atoms with E-state index in [0.29, 0.717) is 11.3 Å². The summed E-state index contributed by atoms with van der Waals surface area (Å²) in [6.07, 6.45) is -0.947. The standard InChI is InChI=1S/C9H11ClFNO2/c1-14-9-3-6(10)7(11)2-5(9)8(13)4-12/h2-3,8,13H,4,12H2,1H3. The summed E-state index contributed by atoms with van der Waals surface area (Å²) in [5, 5.41) is 9.40. The molecule has 0 saturated carbocycles. The molecule has 1 aromatic rings. The number of benzene rings is 1. The maximum absolute atomic E-state index is 13.1. The van der Waals surface area contributed by atoms with Gasteiger partial charge in [-0.25, -0.2) is 4.39 Å². The molecular formula is C9H11ClFNO2. The topological polar surface area (TPSA) is 55.5 Å². The first-order valence-corrected chi connectivity index (χ1v) is 4.39. The van der Waals surface area contributed by atoms with Gasteiger partial charge in [-0.05, 0) is 6.07 Å². The molecule has 3 nitrogen and oxygen atoms in total. The normalized spacial score (nSPS) is 12.6. The lowest BCUT2D eigenvalue weighted by Crippen LogP contribution is -2.12. The molecule has 5 heteroatoms. The van der Waals surface area contributed by atoms with Gasteiger partial charge < -0.3 is 15.6 Å². The Hall–Kier alpha value is -0.840. The average molecular weight is 220 g/mol. The van der Waals surface area contributed by atoms with Crippen molar-refractivity contribution in [2.75, 3.05) is 13.7 Å². The predicted molar refractivity (Wildman–Crippen MR) is 52.0 cm³/mol. The van der Waals surface area contributed by atoms with Crippen LogP contribution in [0.4, 0.5) is 4.39 Å². The van der Waals surface area contributed by atoms with Crippen LogP contribution in [0.3, 0.4) is 0 Å². The van der Waals surface area contributed by atoms with Crippen molar-refractivity contribution >= 4 is 11.6 Å². The number of hydrogen-bond acceptors (Lipinski definition) is 3. The molecular weight excluding hydrogens is 209 g/mol. The number of hydrogen-bond donors (Lipinski definition) is 2. The molecule has 0 aromatic heterocycles. The minimum atomic E-state index is -0.947. The van der Waals surface area contributed by atoms with Crippen molar-refractivity contribution in [1.82, 2.24) is 0 Å². The van der Waals surface area contributed by atoms with Gasteiger partial charge in [-0.2, -0.15) is 0 Å². The van der Waals surface area contributed by atoms with Crippen molar-refractivity contribution in [3.05, 3.63) is 28.5 Å². The number of methoxy groups -OCH3 is 1. The molecule has 0 spiro atoms. The molecule has 1 unspecified atom stereocenters. The van der Waals surface area contributed by atoms with Gasteiger partial charge >= 0.3 is 0 Å². The zero-order valence-electron chi connectivity index (χ0n) is 7.63. The second kappa shape index (κ2) is 4.59. The van der Waals surface area contributed by atoms with Gasteiger partial charge in [0.15, 0.2) is 0 Å². The highest BCUT2D eigenvalue weighted by Crippen LogP contribution is 2.30. The number of halogens is 2. The fraction of sp³-hybridized carbons (Fsp3) is 0.333. The summed E-state index contributed by atoms with van der Waals surface area (Å²) in [5.74, 6) is -0.274. The quantitative estimate of drug-likeness (QED) is 0.810. The second-order valence-electron chi connectivity index (χ2n) is 2.76. The smallest absolute Gasteiger partial charge is 0.142 e. The Kier molecular flexibility index (Phi) is 3.69. The van der Waals surface area contributed by atoms with Crippen molar-refractivity contribution in [3.63, 3.8) is 0 Å². The van der Waals surface area contributed by atoms with Gasteiger partial charge in [0.05, 0.1) is 18.2 Å². The zero-order chi connectivity index (χ0) is 10.7. The summed E-state index contributed by atoms with van der Waals surface area (Å²) >= 11 is 5.54. The van der Waals surface area contributed by atoms with Gasteiger partial charge in [0.25, 0.3) is 0 Å². The van der Waals surface area contributed by atoms with E-state index in [1.807, 2.05) is 0 Å². The van der Waals surface area contributed by atoms with Crippen LogP contribution in [0.2, 0.25) is 5.02 Å². The van der Waals surface area contributed by atoms with E-state index < -0.39 is 11.9 Å². The minimum Gasteiger partial charge on any atom is -0.496 e. The molecule has 0 aliphatic heterocycles. The molecule has 1 atom stereocenters. The SMILES string of the molecule is COc1cc(Cl)c(F)cc1C(O)CN. The largest absolute Gasteiger partial charge is 0.496 e. The Bertz CT molecular complexity index is 333. The van der Waals surface area contributed by atoms with Crippen LogP contribution in [0, 0.1) is 5.82 Å². The molecule has 0 amide bonds. The number of nitrogens with two attached hydrogens (primary N) is 1. The third kappa shape index (κ3) is 2.15. The minimum absolute atomic E-state index is 0.00255. The van der Waals surface area contributed by atoms with Crippen LogP contribution in [0.25, 0.3) is 0 Å². The average Bonchev–Trinajstić information content (AvgIpc) is 2.20. The van der Waals surface area contributed by atoms with E-state index in [1.165, 1.54) is 13.2 Å². The molecule has 14 heavy (non-hydrogen) atoms. The van der Waals surface area contributed by atoms with E-state index in [-0.39, 0.29) is 11.6 Å². The molecule has 1 rings (SSSR count). The van der Waals surface area contributed by atoms with Crippen molar-refractivity contribution < 1.29 is 14.2 Å². The van der Waals surface area contributed by atoms with Gasteiger partial charge in [-0.3, -0.25) is 0 Å².